The Bertz CT molecular complexity index is 609. The molecule has 0 saturated heterocycles. The van der Waals surface area contributed by atoms with Crippen LogP contribution in [0.5, 0.6) is 0 Å². The van der Waals surface area contributed by atoms with Crippen molar-refractivity contribution in [1.29, 1.82) is 0 Å². The average Bonchev–Trinajstić information content (AvgIpc) is 2.56. The highest BCUT2D eigenvalue weighted by atomic mass is 35.5. The number of nitrogens with one attached hydrogen (secondary N) is 1. The molecule has 2 aromatic carbocycles. The average molecular weight is 336 g/mol. The number of carbonyl (C=O) groups excluding carboxylic acids is 1. The summed E-state index contributed by atoms with van der Waals surface area (Å²) in [6.07, 6.45) is 0.388. The van der Waals surface area contributed by atoms with Gasteiger partial charge in [-0.2, -0.15) is 0 Å². The highest BCUT2D eigenvalue weighted by molar-refractivity contribution is 8.32. The van der Waals surface area contributed by atoms with Crippen LogP contribution in [0.15, 0.2) is 59.5 Å². The summed E-state index contributed by atoms with van der Waals surface area (Å²) < 4.78 is 3.32. The van der Waals surface area contributed by atoms with Gasteiger partial charge in [-0.1, -0.05) is 55.8 Å². The van der Waals surface area contributed by atoms with Crippen LogP contribution in [-0.4, -0.2) is 17.4 Å². The first kappa shape index (κ1) is 16.9. The molecule has 2 rings (SSSR count). The maximum Gasteiger partial charge on any atom is 0.233 e. The largest absolute Gasteiger partial charge is 0.314 e. The SMILES string of the molecule is CCS(CC)(NC(=O)Cc1ccc(Cl)cc1)c1ccccc1. The molecule has 1 amide bonds. The van der Waals surface area contributed by atoms with Crippen LogP contribution in [0.4, 0.5) is 0 Å². The van der Waals surface area contributed by atoms with E-state index in [0.717, 1.165) is 17.1 Å². The van der Waals surface area contributed by atoms with Gasteiger partial charge >= 0.3 is 0 Å². The van der Waals surface area contributed by atoms with E-state index in [2.05, 4.69) is 30.7 Å². The van der Waals surface area contributed by atoms with E-state index in [1.54, 1.807) is 0 Å². The van der Waals surface area contributed by atoms with Crippen molar-refractivity contribution < 1.29 is 4.79 Å². The molecule has 1 N–H and O–H groups in total. The second-order valence-corrected chi connectivity index (χ2v) is 9.14. The van der Waals surface area contributed by atoms with E-state index >= 15 is 0 Å². The summed E-state index contributed by atoms with van der Waals surface area (Å²) >= 11 is 5.88. The molecule has 0 spiro atoms. The number of hydrogen-bond acceptors (Lipinski definition) is 1. The molecule has 22 heavy (non-hydrogen) atoms. The monoisotopic (exact) mass is 335 g/mol. The molecule has 0 aliphatic heterocycles. The molecular weight excluding hydrogens is 314 g/mol. The summed E-state index contributed by atoms with van der Waals surface area (Å²) in [7, 11) is -1.30. The first-order valence-corrected chi connectivity index (χ1v) is 9.83. The van der Waals surface area contributed by atoms with Crippen molar-refractivity contribution in [3.63, 3.8) is 0 Å². The van der Waals surface area contributed by atoms with Crippen molar-refractivity contribution in [1.82, 2.24) is 4.72 Å². The van der Waals surface area contributed by atoms with Crippen molar-refractivity contribution >= 4 is 27.7 Å². The van der Waals surface area contributed by atoms with Gasteiger partial charge in [0.15, 0.2) is 0 Å². The van der Waals surface area contributed by atoms with E-state index in [-0.39, 0.29) is 5.91 Å². The normalized spacial score (nSPS) is 12.0. The highest BCUT2D eigenvalue weighted by Gasteiger charge is 2.24. The zero-order valence-electron chi connectivity index (χ0n) is 13.0. The minimum absolute atomic E-state index is 0.0740. The lowest BCUT2D eigenvalue weighted by atomic mass is 10.1. The maximum absolute atomic E-state index is 12.5. The van der Waals surface area contributed by atoms with Crippen molar-refractivity contribution in [3.05, 3.63) is 65.2 Å². The van der Waals surface area contributed by atoms with E-state index in [4.69, 9.17) is 11.6 Å². The second-order valence-electron chi connectivity index (χ2n) is 5.10. The molecule has 4 heteroatoms. The topological polar surface area (TPSA) is 29.1 Å². The van der Waals surface area contributed by atoms with E-state index in [1.165, 1.54) is 4.90 Å². The smallest absolute Gasteiger partial charge is 0.233 e. The molecule has 0 unspecified atom stereocenters. The molecule has 0 aliphatic carbocycles. The van der Waals surface area contributed by atoms with E-state index in [1.807, 2.05) is 42.5 Å². The summed E-state index contributed by atoms with van der Waals surface area (Å²) in [6, 6.07) is 17.8. The Labute approximate surface area is 139 Å². The molecule has 2 aromatic rings. The molecule has 0 radical (unpaired) electrons. The Balaban J connectivity index is 2.14. The molecule has 2 nitrogen and oxygen atoms in total. The summed E-state index contributed by atoms with van der Waals surface area (Å²) in [5.41, 5.74) is 0.982. The summed E-state index contributed by atoms with van der Waals surface area (Å²) in [6.45, 7) is 4.29. The number of amides is 1. The Morgan fingerprint density at radius 1 is 1.00 bits per heavy atom. The molecular formula is C18H22ClNOS. The highest BCUT2D eigenvalue weighted by Crippen LogP contribution is 2.51. The van der Waals surface area contributed by atoms with Gasteiger partial charge in [-0.15, -0.1) is 10.2 Å². The van der Waals surface area contributed by atoms with Gasteiger partial charge in [0.2, 0.25) is 5.91 Å². The van der Waals surface area contributed by atoms with Gasteiger partial charge in [0.1, 0.15) is 0 Å². The molecule has 0 aromatic heterocycles. The fourth-order valence-electron chi connectivity index (χ4n) is 2.46. The third kappa shape index (κ3) is 4.05. The minimum atomic E-state index is -1.30. The number of rotatable bonds is 6. The summed E-state index contributed by atoms with van der Waals surface area (Å²) in [4.78, 5) is 13.7. The van der Waals surface area contributed by atoms with Gasteiger partial charge in [-0.25, -0.2) is 0 Å². The van der Waals surface area contributed by atoms with Crippen LogP contribution in [0.3, 0.4) is 0 Å². The standard InChI is InChI=1S/C18H22ClNOS/c1-3-22(4-2,17-8-6-5-7-9-17)20-18(21)14-15-10-12-16(19)13-11-15/h5-13H,3-4,14H2,1-2H3,(H,20,21). The quantitative estimate of drug-likeness (QED) is 0.805. The number of halogens is 1. The van der Waals surface area contributed by atoms with Crippen LogP contribution in [0.1, 0.15) is 19.4 Å². The van der Waals surface area contributed by atoms with Gasteiger partial charge in [-0.05, 0) is 41.3 Å². The lowest BCUT2D eigenvalue weighted by Crippen LogP contribution is -2.32. The lowest BCUT2D eigenvalue weighted by molar-refractivity contribution is -0.118. The number of carbonyl (C=O) groups is 1. The second kappa shape index (κ2) is 7.70. The Morgan fingerprint density at radius 2 is 1.59 bits per heavy atom. The van der Waals surface area contributed by atoms with Crippen molar-refractivity contribution in [2.24, 2.45) is 0 Å². The fourth-order valence-corrected chi connectivity index (χ4v) is 5.26. The molecule has 118 valence electrons. The molecule has 0 bridgehead atoms. The first-order chi connectivity index (χ1) is 10.6. The van der Waals surface area contributed by atoms with Crippen LogP contribution in [0, 0.1) is 0 Å². The molecule has 0 atom stereocenters. The minimum Gasteiger partial charge on any atom is -0.314 e. The van der Waals surface area contributed by atoms with Crippen LogP contribution >= 0.6 is 21.8 Å². The maximum atomic E-state index is 12.5. The third-order valence-corrected chi connectivity index (χ3v) is 7.78. The van der Waals surface area contributed by atoms with Gasteiger partial charge in [0.05, 0.1) is 6.42 Å². The fraction of sp³-hybridized carbons (Fsp3) is 0.278. The van der Waals surface area contributed by atoms with Crippen LogP contribution < -0.4 is 4.72 Å². The van der Waals surface area contributed by atoms with Gasteiger partial charge in [0.25, 0.3) is 0 Å². The Kier molecular flexibility index (Phi) is 5.92. The van der Waals surface area contributed by atoms with Gasteiger partial charge in [0, 0.05) is 9.92 Å². The van der Waals surface area contributed by atoms with Crippen LogP contribution in [0.2, 0.25) is 5.02 Å². The van der Waals surface area contributed by atoms with Crippen LogP contribution in [0.25, 0.3) is 0 Å². The first-order valence-electron chi connectivity index (χ1n) is 7.48. The predicted octanol–water partition coefficient (Wildman–Crippen LogP) is 4.82. The van der Waals surface area contributed by atoms with E-state index < -0.39 is 10.2 Å². The number of hydrogen-bond donors (Lipinski definition) is 1. The van der Waals surface area contributed by atoms with Crippen LogP contribution in [-0.2, 0) is 11.2 Å². The van der Waals surface area contributed by atoms with Crippen molar-refractivity contribution in [2.75, 3.05) is 11.5 Å². The number of benzene rings is 2. The van der Waals surface area contributed by atoms with Crippen molar-refractivity contribution in [3.8, 4) is 0 Å². The molecule has 0 saturated carbocycles. The summed E-state index contributed by atoms with van der Waals surface area (Å²) in [5.74, 6) is 1.96. The lowest BCUT2D eigenvalue weighted by Gasteiger charge is -2.39. The third-order valence-electron chi connectivity index (χ3n) is 3.77. The molecule has 0 fully saturated rings. The Hall–Kier alpha value is -1.45. The molecule has 0 aliphatic rings. The zero-order valence-corrected chi connectivity index (χ0v) is 14.6. The zero-order chi connectivity index (χ0) is 16.0. The van der Waals surface area contributed by atoms with Crippen molar-refractivity contribution in [2.45, 2.75) is 25.2 Å². The summed E-state index contributed by atoms with van der Waals surface area (Å²) in [5, 5.41) is 0.690. The predicted molar refractivity (Wildman–Crippen MR) is 96.7 cm³/mol. The van der Waals surface area contributed by atoms with E-state index in [9.17, 15) is 4.79 Å². The Morgan fingerprint density at radius 3 is 2.14 bits per heavy atom. The molecule has 0 heterocycles. The van der Waals surface area contributed by atoms with E-state index in [0.29, 0.717) is 11.4 Å². The van der Waals surface area contributed by atoms with Gasteiger partial charge in [-0.3, -0.25) is 4.79 Å². The van der Waals surface area contributed by atoms with Gasteiger partial charge < -0.3 is 4.72 Å².